The van der Waals surface area contributed by atoms with Crippen molar-refractivity contribution >= 4 is 37.6 Å². The average Bonchev–Trinajstić information content (AvgIpc) is 3.01. The second-order valence-corrected chi connectivity index (χ2v) is 6.73. The molecule has 3 heterocycles. The third-order valence-electron chi connectivity index (χ3n) is 3.31. The number of aliphatic hydroxyl groups is 2. The quantitative estimate of drug-likeness (QED) is 0.180. The minimum Gasteiger partial charge on any atom is -0.387 e. The van der Waals surface area contributed by atoms with E-state index in [0.717, 1.165) is 4.73 Å². The Morgan fingerprint density at radius 2 is 2.08 bits per heavy atom. The van der Waals surface area contributed by atoms with E-state index in [9.17, 15) is 14.8 Å². The fourth-order valence-corrected chi connectivity index (χ4v) is 2.78. The molecule has 1 saturated heterocycles. The summed E-state index contributed by atoms with van der Waals surface area (Å²) in [5.41, 5.74) is 5.97. The zero-order chi connectivity index (χ0) is 18.4. The number of nitrogen functional groups attached to an aromatic ring is 1. The van der Waals surface area contributed by atoms with Crippen LogP contribution in [0.3, 0.4) is 0 Å². The monoisotopic (exact) mass is 395 g/mol. The molecule has 13 nitrogen and oxygen atoms in total. The van der Waals surface area contributed by atoms with Crippen molar-refractivity contribution < 1.29 is 38.7 Å². The average molecular weight is 395 g/mol. The van der Waals surface area contributed by atoms with Gasteiger partial charge in [-0.05, 0) is 0 Å². The highest BCUT2D eigenvalue weighted by atomic mass is 32.1. The Hall–Kier alpha value is -1.51. The minimum absolute atomic E-state index is 0.0799. The van der Waals surface area contributed by atoms with Crippen LogP contribution in [0.2, 0.25) is 0 Å². The number of rotatable bonds is 5. The van der Waals surface area contributed by atoms with Crippen LogP contribution in [-0.2, 0) is 13.8 Å². The number of hydrogen-bond donors (Lipinski definition) is 6. The minimum atomic E-state index is -4.75. The summed E-state index contributed by atoms with van der Waals surface area (Å²) in [6.45, 7) is -0.650. The van der Waals surface area contributed by atoms with Gasteiger partial charge in [-0.2, -0.15) is 4.98 Å². The number of imidazole rings is 1. The van der Waals surface area contributed by atoms with E-state index >= 15 is 0 Å². The fraction of sp³-hybridized carbons (Fsp3) is 0.500. The Bertz CT molecular complexity index is 829. The zero-order valence-corrected chi connectivity index (χ0v) is 14.1. The van der Waals surface area contributed by atoms with Gasteiger partial charge in [-0.3, -0.25) is 4.52 Å². The summed E-state index contributed by atoms with van der Waals surface area (Å²) in [5, 5.41) is 20.1. The summed E-state index contributed by atoms with van der Waals surface area (Å²) < 4.78 is 21.3. The SMILES string of the molecule is Nc1nc(S)c2ncn(O[C@@H]3O[C@H](COP(=O)(O)O)[C@@H](O)[C@H]3O)c2n1. The molecule has 0 aliphatic carbocycles. The van der Waals surface area contributed by atoms with Gasteiger partial charge in [0.1, 0.15) is 35.2 Å². The summed E-state index contributed by atoms with van der Waals surface area (Å²) in [4.78, 5) is 34.5. The van der Waals surface area contributed by atoms with Gasteiger partial charge < -0.3 is 35.3 Å². The van der Waals surface area contributed by atoms with Crippen molar-refractivity contribution in [3.8, 4) is 0 Å². The number of anilines is 1. The number of phosphoric ester groups is 1. The first kappa shape index (κ1) is 18.3. The molecule has 0 aromatic carbocycles. The molecule has 15 heteroatoms. The summed E-state index contributed by atoms with van der Waals surface area (Å²) in [6, 6.07) is 0. The van der Waals surface area contributed by atoms with Crippen molar-refractivity contribution in [1.82, 2.24) is 19.7 Å². The van der Waals surface area contributed by atoms with Crippen molar-refractivity contribution in [2.24, 2.45) is 0 Å². The van der Waals surface area contributed by atoms with E-state index in [2.05, 4.69) is 32.1 Å². The zero-order valence-electron chi connectivity index (χ0n) is 12.3. The highest BCUT2D eigenvalue weighted by molar-refractivity contribution is 7.80. The van der Waals surface area contributed by atoms with E-state index in [1.54, 1.807) is 0 Å². The smallest absolute Gasteiger partial charge is 0.387 e. The summed E-state index contributed by atoms with van der Waals surface area (Å²) in [5.74, 6) is -0.0799. The number of thiol groups is 1. The third kappa shape index (κ3) is 3.86. The van der Waals surface area contributed by atoms with Crippen LogP contribution >= 0.6 is 20.5 Å². The van der Waals surface area contributed by atoms with Gasteiger partial charge in [0.05, 0.1) is 6.61 Å². The molecule has 1 aliphatic heterocycles. The van der Waals surface area contributed by atoms with Gasteiger partial charge in [0.25, 0.3) is 6.29 Å². The van der Waals surface area contributed by atoms with Crippen LogP contribution in [0.1, 0.15) is 0 Å². The first-order valence-corrected chi connectivity index (χ1v) is 8.72. The maximum Gasteiger partial charge on any atom is 0.469 e. The Morgan fingerprint density at radius 3 is 2.76 bits per heavy atom. The molecule has 138 valence electrons. The van der Waals surface area contributed by atoms with Crippen molar-refractivity contribution in [3.63, 3.8) is 0 Å². The fourth-order valence-electron chi connectivity index (χ4n) is 2.18. The molecule has 0 radical (unpaired) electrons. The molecule has 0 unspecified atom stereocenters. The Kier molecular flexibility index (Phi) is 4.87. The molecule has 0 bridgehead atoms. The number of phosphoric acid groups is 1. The maximum absolute atomic E-state index is 10.7. The van der Waals surface area contributed by atoms with Crippen molar-refractivity contribution in [3.05, 3.63) is 6.33 Å². The van der Waals surface area contributed by atoms with Crippen LogP contribution in [0.25, 0.3) is 11.2 Å². The molecule has 25 heavy (non-hydrogen) atoms. The van der Waals surface area contributed by atoms with E-state index in [1.165, 1.54) is 6.33 Å². The first-order chi connectivity index (χ1) is 11.7. The van der Waals surface area contributed by atoms with E-state index in [-0.39, 0.29) is 22.1 Å². The molecule has 0 saturated carbocycles. The van der Waals surface area contributed by atoms with Gasteiger partial charge in [-0.1, -0.05) is 0 Å². The topological polar surface area (TPSA) is 195 Å². The molecule has 0 amide bonds. The van der Waals surface area contributed by atoms with Gasteiger partial charge in [0.2, 0.25) is 11.6 Å². The number of nitrogens with two attached hydrogens (primary N) is 1. The number of nitrogens with zero attached hydrogens (tertiary/aromatic N) is 4. The number of hydrogen-bond acceptors (Lipinski definition) is 11. The summed E-state index contributed by atoms with van der Waals surface area (Å²) >= 11 is 4.11. The molecule has 6 N–H and O–H groups in total. The summed E-state index contributed by atoms with van der Waals surface area (Å²) in [6.07, 6.45) is -4.40. The number of fused-ring (bicyclic) bond motifs is 1. The lowest BCUT2D eigenvalue weighted by Gasteiger charge is -2.16. The van der Waals surface area contributed by atoms with Crippen molar-refractivity contribution in [2.45, 2.75) is 29.6 Å². The predicted octanol–water partition coefficient (Wildman–Crippen LogP) is -2.32. The van der Waals surface area contributed by atoms with Gasteiger partial charge in [-0.25, -0.2) is 14.5 Å². The second kappa shape index (κ2) is 6.66. The Labute approximate surface area is 145 Å². The van der Waals surface area contributed by atoms with E-state index < -0.39 is 39.0 Å². The lowest BCUT2D eigenvalue weighted by Crippen LogP contribution is -2.38. The van der Waals surface area contributed by atoms with Crippen LogP contribution in [0.4, 0.5) is 5.95 Å². The molecule has 0 spiro atoms. The molecule has 4 atom stereocenters. The van der Waals surface area contributed by atoms with Gasteiger partial charge >= 0.3 is 7.82 Å². The largest absolute Gasteiger partial charge is 0.469 e. The lowest BCUT2D eigenvalue weighted by molar-refractivity contribution is -0.168. The standard InChI is InChI=1S/C10H14N5O8PS/c11-10-13-7-4(8(25)14-10)12-2-15(7)23-9-6(17)5(16)3(22-9)1-21-24(18,19)20/h2-3,5-6,9,16-17H,1H2,(H2,18,19,20)(H3,11,13,14,25)/t3-,5-,6-,9+/m1/s1. The molecule has 2 aromatic heterocycles. The number of aromatic nitrogens is 4. The van der Waals surface area contributed by atoms with E-state index in [0.29, 0.717) is 0 Å². The molecule has 3 rings (SSSR count). The molecular formula is C10H14N5O8PS. The Balaban J connectivity index is 1.76. The van der Waals surface area contributed by atoms with Crippen molar-refractivity contribution in [2.75, 3.05) is 12.3 Å². The summed E-state index contributed by atoms with van der Waals surface area (Å²) in [7, 11) is -4.75. The second-order valence-electron chi connectivity index (χ2n) is 5.06. The van der Waals surface area contributed by atoms with Crippen molar-refractivity contribution in [1.29, 1.82) is 0 Å². The predicted molar refractivity (Wildman–Crippen MR) is 82.2 cm³/mol. The van der Waals surface area contributed by atoms with Crippen LogP contribution in [0.15, 0.2) is 11.4 Å². The highest BCUT2D eigenvalue weighted by Gasteiger charge is 2.45. The first-order valence-electron chi connectivity index (χ1n) is 6.74. The van der Waals surface area contributed by atoms with Gasteiger partial charge in [0.15, 0.2) is 0 Å². The van der Waals surface area contributed by atoms with Gasteiger partial charge in [-0.15, -0.1) is 17.4 Å². The van der Waals surface area contributed by atoms with Crippen LogP contribution in [0.5, 0.6) is 0 Å². The molecule has 1 fully saturated rings. The van der Waals surface area contributed by atoms with Crippen LogP contribution in [0, 0.1) is 0 Å². The molecule has 2 aromatic rings. The van der Waals surface area contributed by atoms with E-state index in [1.807, 2.05) is 0 Å². The number of ether oxygens (including phenoxy) is 1. The Morgan fingerprint density at radius 1 is 1.36 bits per heavy atom. The molecule has 1 aliphatic rings. The number of aliphatic hydroxyl groups excluding tert-OH is 2. The van der Waals surface area contributed by atoms with E-state index in [4.69, 9.17) is 25.1 Å². The third-order valence-corrected chi connectivity index (χ3v) is 4.11. The van der Waals surface area contributed by atoms with Crippen LogP contribution < -0.4 is 10.6 Å². The lowest BCUT2D eigenvalue weighted by atomic mass is 10.1. The normalized spacial score (nSPS) is 27.1. The molecular weight excluding hydrogens is 381 g/mol. The maximum atomic E-state index is 10.7. The highest BCUT2D eigenvalue weighted by Crippen LogP contribution is 2.37. The van der Waals surface area contributed by atoms with Crippen LogP contribution in [-0.4, -0.2) is 70.9 Å². The van der Waals surface area contributed by atoms with Gasteiger partial charge in [0, 0.05) is 0 Å².